The summed E-state index contributed by atoms with van der Waals surface area (Å²) in [6.45, 7) is 6.45. The van der Waals surface area contributed by atoms with E-state index in [1.165, 1.54) is 32.9 Å². The third-order valence-corrected chi connectivity index (χ3v) is 12.8. The fourth-order valence-electron chi connectivity index (χ4n) is 5.96. The molecule has 0 bridgehead atoms. The Morgan fingerprint density at radius 3 is 2.60 bits per heavy atom. The van der Waals surface area contributed by atoms with Crippen molar-refractivity contribution in [1.82, 2.24) is 29.0 Å². The molecule has 13 heteroatoms. The van der Waals surface area contributed by atoms with E-state index in [1.807, 2.05) is 30.4 Å². The van der Waals surface area contributed by atoms with E-state index in [4.69, 9.17) is 14.7 Å². The van der Waals surface area contributed by atoms with Crippen molar-refractivity contribution in [3.8, 4) is 11.4 Å². The van der Waals surface area contributed by atoms with Crippen LogP contribution in [-0.4, -0.2) is 63.8 Å². The molecule has 7 rings (SSSR count). The highest BCUT2D eigenvalue weighted by molar-refractivity contribution is 9.10. The van der Waals surface area contributed by atoms with Gasteiger partial charge < -0.3 is 9.30 Å². The predicted molar refractivity (Wildman–Crippen MR) is 191 cm³/mol. The van der Waals surface area contributed by atoms with E-state index in [0.29, 0.717) is 61.1 Å². The van der Waals surface area contributed by atoms with Crippen molar-refractivity contribution in [2.24, 2.45) is 5.92 Å². The molecule has 47 heavy (non-hydrogen) atoms. The molecule has 4 heterocycles. The number of halogens is 1. The van der Waals surface area contributed by atoms with E-state index >= 15 is 0 Å². The maximum absolute atomic E-state index is 13.5. The lowest BCUT2D eigenvalue weighted by atomic mass is 9.97. The monoisotopic (exact) mass is 750 g/mol. The molecule has 1 saturated heterocycles. The normalized spacial score (nSPS) is 16.0. The zero-order valence-corrected chi connectivity index (χ0v) is 30.3. The lowest BCUT2D eigenvalue weighted by Gasteiger charge is -2.26. The first-order valence-corrected chi connectivity index (χ1v) is 19.7. The topological polar surface area (TPSA) is 103 Å². The highest BCUT2D eigenvalue weighted by atomic mass is 79.9. The van der Waals surface area contributed by atoms with Crippen LogP contribution in [0.4, 0.5) is 0 Å². The third kappa shape index (κ3) is 6.97. The Balaban J connectivity index is 1.28. The van der Waals surface area contributed by atoms with Crippen LogP contribution in [0.15, 0.2) is 68.1 Å². The van der Waals surface area contributed by atoms with Crippen molar-refractivity contribution in [1.29, 1.82) is 0 Å². The minimum Gasteiger partial charge on any atom is -0.379 e. The zero-order chi connectivity index (χ0) is 32.5. The van der Waals surface area contributed by atoms with Gasteiger partial charge in [-0.1, -0.05) is 60.1 Å². The number of aromatic nitrogens is 5. The van der Waals surface area contributed by atoms with Gasteiger partial charge in [-0.15, -0.1) is 21.5 Å². The minimum absolute atomic E-state index is 0.245. The molecular weight excluding hydrogens is 717 g/mol. The zero-order valence-electron chi connectivity index (χ0n) is 26.2. The first-order valence-electron chi connectivity index (χ1n) is 15.8. The Hall–Kier alpha value is -2.94. The number of morpholine rings is 1. The summed E-state index contributed by atoms with van der Waals surface area (Å²) >= 11 is 6.80. The number of benzene rings is 2. The van der Waals surface area contributed by atoms with Crippen LogP contribution in [0.5, 0.6) is 0 Å². The molecule has 3 aromatic heterocycles. The second kappa shape index (κ2) is 13.9. The summed E-state index contributed by atoms with van der Waals surface area (Å²) in [5.74, 6) is 1.58. The maximum atomic E-state index is 13.5. The van der Waals surface area contributed by atoms with Gasteiger partial charge in [0.05, 0.1) is 18.1 Å². The van der Waals surface area contributed by atoms with Gasteiger partial charge >= 0.3 is 0 Å². The number of hydrogen-bond donors (Lipinski definition) is 0. The van der Waals surface area contributed by atoms with Crippen molar-refractivity contribution >= 4 is 71.4 Å². The standard InChI is InChI=1S/C34H35BrN6O3S3/c1-22(2)21-41-31(24-6-5-7-26(20-24)47(42,43)40-16-18-44-19-17-40)38-39-34(41)46-33-30-27-8-3-4-9-28(27)45-32(30)36-29(37-33)15-12-23-10-13-25(35)14-11-23/h5-7,10-15,20,22H,3-4,8-9,16-19,21H2,1-2H3/b15-12+. The number of nitrogens with zero attached hydrogens (tertiary/aromatic N) is 6. The van der Waals surface area contributed by atoms with Crippen LogP contribution in [-0.2, 0) is 34.1 Å². The lowest BCUT2D eigenvalue weighted by molar-refractivity contribution is 0.0730. The largest absolute Gasteiger partial charge is 0.379 e. The Morgan fingerprint density at radius 2 is 1.81 bits per heavy atom. The number of fused-ring (bicyclic) bond motifs is 3. The van der Waals surface area contributed by atoms with Crippen molar-refractivity contribution in [2.75, 3.05) is 26.3 Å². The first-order chi connectivity index (χ1) is 22.8. The molecule has 2 aromatic carbocycles. The summed E-state index contributed by atoms with van der Waals surface area (Å²) in [5.41, 5.74) is 3.13. The fraction of sp³-hybridized carbons (Fsp3) is 0.353. The van der Waals surface area contributed by atoms with E-state index < -0.39 is 10.0 Å². The molecule has 1 aliphatic carbocycles. The van der Waals surface area contributed by atoms with E-state index in [-0.39, 0.29) is 4.90 Å². The highest BCUT2D eigenvalue weighted by Gasteiger charge is 2.28. The summed E-state index contributed by atoms with van der Waals surface area (Å²) in [5, 5.41) is 12.0. The second-order valence-electron chi connectivity index (χ2n) is 12.1. The van der Waals surface area contributed by atoms with Crippen molar-refractivity contribution in [3.05, 3.63) is 74.8 Å². The molecule has 1 aliphatic heterocycles. The molecule has 0 spiro atoms. The number of aryl methyl sites for hydroxylation is 2. The van der Waals surface area contributed by atoms with E-state index in [9.17, 15) is 8.42 Å². The molecule has 5 aromatic rings. The first kappa shape index (κ1) is 32.6. The molecule has 0 N–H and O–H groups in total. The molecular formula is C34H35BrN6O3S3. The molecule has 1 fully saturated rings. The summed E-state index contributed by atoms with van der Waals surface area (Å²) in [6.07, 6.45) is 8.45. The summed E-state index contributed by atoms with van der Waals surface area (Å²) in [6, 6.07) is 15.2. The van der Waals surface area contributed by atoms with Gasteiger partial charge in [-0.05, 0) is 84.8 Å². The van der Waals surface area contributed by atoms with E-state index in [2.05, 4.69) is 56.7 Å². The molecule has 244 valence electrons. The second-order valence-corrected chi connectivity index (χ2v) is 17.0. The van der Waals surface area contributed by atoms with Gasteiger partial charge in [0.25, 0.3) is 0 Å². The number of rotatable bonds is 9. The van der Waals surface area contributed by atoms with Gasteiger partial charge in [-0.25, -0.2) is 18.4 Å². The van der Waals surface area contributed by atoms with Gasteiger partial charge in [-0.2, -0.15) is 4.31 Å². The van der Waals surface area contributed by atoms with Crippen LogP contribution in [0, 0.1) is 5.92 Å². The molecule has 2 aliphatic rings. The molecule has 0 saturated carbocycles. The number of hydrogen-bond acceptors (Lipinski definition) is 9. The van der Waals surface area contributed by atoms with Gasteiger partial charge in [0, 0.05) is 39.9 Å². The van der Waals surface area contributed by atoms with Gasteiger partial charge in [-0.3, -0.25) is 0 Å². The summed E-state index contributed by atoms with van der Waals surface area (Å²) < 4.78 is 37.0. The Morgan fingerprint density at radius 1 is 1.02 bits per heavy atom. The molecule has 0 radical (unpaired) electrons. The fourth-order valence-corrected chi connectivity index (χ4v) is 10.00. The molecule has 9 nitrogen and oxygen atoms in total. The van der Waals surface area contributed by atoms with Crippen LogP contribution < -0.4 is 0 Å². The number of thiophene rings is 1. The maximum Gasteiger partial charge on any atom is 0.243 e. The molecule has 0 amide bonds. The van der Waals surface area contributed by atoms with Gasteiger partial charge in [0.15, 0.2) is 16.8 Å². The van der Waals surface area contributed by atoms with Crippen LogP contribution in [0.3, 0.4) is 0 Å². The van der Waals surface area contributed by atoms with Crippen LogP contribution in [0.25, 0.3) is 33.8 Å². The summed E-state index contributed by atoms with van der Waals surface area (Å²) in [7, 11) is -3.66. The summed E-state index contributed by atoms with van der Waals surface area (Å²) in [4.78, 5) is 12.7. The van der Waals surface area contributed by atoms with E-state index in [1.54, 1.807) is 29.5 Å². The lowest BCUT2D eigenvalue weighted by Crippen LogP contribution is -2.40. The minimum atomic E-state index is -3.66. The average Bonchev–Trinajstić information content (AvgIpc) is 3.65. The smallest absolute Gasteiger partial charge is 0.243 e. The average molecular weight is 752 g/mol. The van der Waals surface area contributed by atoms with E-state index in [0.717, 1.165) is 44.5 Å². The molecule has 0 atom stereocenters. The Bertz CT molecular complexity index is 2050. The van der Waals surface area contributed by atoms with Gasteiger partial charge in [0.2, 0.25) is 10.0 Å². The number of sulfonamides is 1. The van der Waals surface area contributed by atoms with Crippen LogP contribution in [0.1, 0.15) is 48.5 Å². The highest BCUT2D eigenvalue weighted by Crippen LogP contribution is 2.42. The van der Waals surface area contributed by atoms with Crippen LogP contribution >= 0.6 is 39.0 Å². The third-order valence-electron chi connectivity index (χ3n) is 8.25. The van der Waals surface area contributed by atoms with Gasteiger partial charge in [0.1, 0.15) is 9.86 Å². The van der Waals surface area contributed by atoms with Crippen molar-refractivity contribution in [2.45, 2.75) is 61.2 Å². The Labute approximate surface area is 291 Å². The number of ether oxygens (including phenoxy) is 1. The Kier molecular flexibility index (Phi) is 9.63. The SMILES string of the molecule is CC(C)Cn1c(Sc2nc(/C=C/c3ccc(Br)cc3)nc3sc4c(c23)CCCC4)nnc1-c1cccc(S(=O)(=O)N2CCOCC2)c1. The van der Waals surface area contributed by atoms with Crippen molar-refractivity contribution in [3.63, 3.8) is 0 Å². The van der Waals surface area contributed by atoms with Crippen molar-refractivity contribution < 1.29 is 13.2 Å². The van der Waals surface area contributed by atoms with Crippen LogP contribution in [0.2, 0.25) is 0 Å². The molecule has 0 unspecified atom stereocenters. The predicted octanol–water partition coefficient (Wildman–Crippen LogP) is 7.59. The quantitative estimate of drug-likeness (QED) is 0.142.